The molecule has 0 atom stereocenters. The molecule has 23 heavy (non-hydrogen) atoms. The second kappa shape index (κ2) is 6.91. The first-order valence-electron chi connectivity index (χ1n) is 7.11. The van der Waals surface area contributed by atoms with Gasteiger partial charge in [-0.3, -0.25) is 4.98 Å². The van der Waals surface area contributed by atoms with Crippen LogP contribution in [0.15, 0.2) is 36.7 Å². The summed E-state index contributed by atoms with van der Waals surface area (Å²) >= 11 is 0. The molecule has 120 valence electrons. The van der Waals surface area contributed by atoms with E-state index in [9.17, 15) is 14.7 Å². The van der Waals surface area contributed by atoms with Gasteiger partial charge in [-0.2, -0.15) is 0 Å². The van der Waals surface area contributed by atoms with Crippen molar-refractivity contribution in [1.82, 2.24) is 4.98 Å². The van der Waals surface area contributed by atoms with E-state index in [4.69, 9.17) is 10.2 Å². The van der Waals surface area contributed by atoms with E-state index in [-0.39, 0.29) is 28.4 Å². The van der Waals surface area contributed by atoms with E-state index in [1.807, 2.05) is 18.2 Å². The van der Waals surface area contributed by atoms with Gasteiger partial charge in [0.25, 0.3) is 0 Å². The lowest BCUT2D eigenvalue weighted by Gasteiger charge is -2.12. The second-order valence-electron chi connectivity index (χ2n) is 5.27. The number of hydrogen-bond acceptors (Lipinski definition) is 4. The summed E-state index contributed by atoms with van der Waals surface area (Å²) in [6.07, 6.45) is 5.21. The Labute approximate surface area is 133 Å². The number of carboxylic acids is 2. The highest BCUT2D eigenvalue weighted by molar-refractivity contribution is 5.99. The Morgan fingerprint density at radius 2 is 1.70 bits per heavy atom. The third kappa shape index (κ3) is 3.85. The maximum atomic E-state index is 11.1. The van der Waals surface area contributed by atoms with Crippen LogP contribution in [0.2, 0.25) is 0 Å². The molecule has 3 rings (SSSR count). The number of aromatic hydroxyl groups is 1. The van der Waals surface area contributed by atoms with Crippen LogP contribution in [-0.2, 0) is 0 Å². The zero-order valence-corrected chi connectivity index (χ0v) is 12.6. The van der Waals surface area contributed by atoms with Crippen molar-refractivity contribution in [1.29, 1.82) is 0 Å². The zero-order chi connectivity index (χ0) is 17.0. The van der Waals surface area contributed by atoms with Gasteiger partial charge in [0.15, 0.2) is 0 Å². The van der Waals surface area contributed by atoms with Gasteiger partial charge < -0.3 is 15.3 Å². The van der Waals surface area contributed by atoms with E-state index in [0.717, 1.165) is 12.8 Å². The molecule has 1 heterocycles. The normalized spacial score (nSPS) is 12.9. The SMILES string of the molecule is Cc1c(C(=O)O)cc(C2CC2)c(O)c1C(=O)O.c1ccncc1. The molecule has 0 amide bonds. The van der Waals surface area contributed by atoms with Crippen molar-refractivity contribution in [2.45, 2.75) is 25.7 Å². The van der Waals surface area contributed by atoms with Crippen molar-refractivity contribution in [3.63, 3.8) is 0 Å². The molecule has 0 unspecified atom stereocenters. The molecule has 0 spiro atoms. The predicted octanol–water partition coefficient (Wildman–Crippen LogP) is 3.06. The van der Waals surface area contributed by atoms with Gasteiger partial charge in [0.2, 0.25) is 0 Å². The summed E-state index contributed by atoms with van der Waals surface area (Å²) < 4.78 is 0. The fourth-order valence-corrected chi connectivity index (χ4v) is 2.29. The zero-order valence-electron chi connectivity index (χ0n) is 12.6. The van der Waals surface area contributed by atoms with Crippen LogP contribution in [0, 0.1) is 6.92 Å². The largest absolute Gasteiger partial charge is 0.507 e. The van der Waals surface area contributed by atoms with Gasteiger partial charge in [-0.25, -0.2) is 9.59 Å². The van der Waals surface area contributed by atoms with E-state index < -0.39 is 11.9 Å². The maximum absolute atomic E-state index is 11.1. The molecule has 1 aromatic heterocycles. The topological polar surface area (TPSA) is 108 Å². The summed E-state index contributed by atoms with van der Waals surface area (Å²) in [4.78, 5) is 25.9. The van der Waals surface area contributed by atoms with Gasteiger partial charge in [-0.05, 0) is 55.0 Å². The minimum absolute atomic E-state index is 0.0536. The fraction of sp³-hybridized carbons (Fsp3) is 0.235. The first kappa shape index (κ1) is 16.5. The number of aromatic nitrogens is 1. The predicted molar refractivity (Wildman–Crippen MR) is 83.0 cm³/mol. The maximum Gasteiger partial charge on any atom is 0.339 e. The molecule has 0 saturated heterocycles. The van der Waals surface area contributed by atoms with E-state index >= 15 is 0 Å². The Kier molecular flexibility index (Phi) is 4.95. The number of carboxylic acid groups (broad SMARTS) is 2. The highest BCUT2D eigenvalue weighted by atomic mass is 16.4. The Hall–Kier alpha value is -2.89. The lowest BCUT2D eigenvalue weighted by molar-refractivity contribution is 0.0692. The summed E-state index contributed by atoms with van der Waals surface area (Å²) in [5, 5.41) is 27.9. The van der Waals surface area contributed by atoms with Gasteiger partial charge in [0, 0.05) is 12.4 Å². The minimum Gasteiger partial charge on any atom is -0.507 e. The van der Waals surface area contributed by atoms with Crippen molar-refractivity contribution < 1.29 is 24.9 Å². The molecule has 0 bridgehead atoms. The van der Waals surface area contributed by atoms with Gasteiger partial charge in [-0.1, -0.05) is 6.07 Å². The minimum atomic E-state index is -1.30. The molecule has 6 nitrogen and oxygen atoms in total. The first-order chi connectivity index (χ1) is 10.9. The molecule has 1 aliphatic carbocycles. The summed E-state index contributed by atoms with van der Waals surface area (Å²) in [5.41, 5.74) is 0.172. The number of hydrogen-bond donors (Lipinski definition) is 3. The van der Waals surface area contributed by atoms with E-state index in [0.29, 0.717) is 5.56 Å². The number of aromatic carboxylic acids is 2. The van der Waals surface area contributed by atoms with Crippen molar-refractivity contribution in [2.24, 2.45) is 0 Å². The van der Waals surface area contributed by atoms with Crippen LogP contribution < -0.4 is 0 Å². The first-order valence-corrected chi connectivity index (χ1v) is 7.11. The van der Waals surface area contributed by atoms with Gasteiger partial charge >= 0.3 is 11.9 Å². The average molecular weight is 315 g/mol. The Bertz CT molecular complexity index is 697. The molecule has 2 aromatic rings. The quantitative estimate of drug-likeness (QED) is 0.803. The van der Waals surface area contributed by atoms with Crippen LogP contribution in [0.3, 0.4) is 0 Å². The molecule has 0 aliphatic heterocycles. The number of benzene rings is 1. The number of rotatable bonds is 3. The molecular formula is C17H17NO5. The van der Waals surface area contributed by atoms with Gasteiger partial charge in [0.1, 0.15) is 11.3 Å². The molecule has 1 aliphatic rings. The van der Waals surface area contributed by atoms with Crippen LogP contribution >= 0.6 is 0 Å². The lowest BCUT2D eigenvalue weighted by Crippen LogP contribution is -2.09. The standard InChI is InChI=1S/C12H12O5.C5H5N/c1-5-7(11(14)15)4-8(6-2-3-6)10(13)9(5)12(16)17;1-2-4-6-5-3-1/h4,6,13H,2-3H2,1H3,(H,14,15)(H,16,17);1-5H. The molecule has 0 radical (unpaired) electrons. The van der Waals surface area contributed by atoms with Crippen LogP contribution in [0.25, 0.3) is 0 Å². The summed E-state index contributed by atoms with van der Waals surface area (Å²) in [6, 6.07) is 7.10. The van der Waals surface area contributed by atoms with Crippen LogP contribution in [0.4, 0.5) is 0 Å². The third-order valence-electron chi connectivity index (χ3n) is 3.62. The smallest absolute Gasteiger partial charge is 0.339 e. The van der Waals surface area contributed by atoms with Crippen molar-refractivity contribution in [3.8, 4) is 5.75 Å². The summed E-state index contributed by atoms with van der Waals surface area (Å²) in [6.45, 7) is 1.39. The number of phenols is 1. The Morgan fingerprint density at radius 3 is 2.04 bits per heavy atom. The molecule has 1 saturated carbocycles. The lowest BCUT2D eigenvalue weighted by atomic mass is 9.95. The highest BCUT2D eigenvalue weighted by Crippen LogP contribution is 2.46. The fourth-order valence-electron chi connectivity index (χ4n) is 2.29. The third-order valence-corrected chi connectivity index (χ3v) is 3.62. The monoisotopic (exact) mass is 315 g/mol. The molecule has 1 aromatic carbocycles. The highest BCUT2D eigenvalue weighted by Gasteiger charge is 2.31. The number of carbonyl (C=O) groups is 2. The number of pyridine rings is 1. The van der Waals surface area contributed by atoms with Crippen LogP contribution in [-0.4, -0.2) is 32.2 Å². The van der Waals surface area contributed by atoms with Gasteiger partial charge in [-0.15, -0.1) is 0 Å². The molecule has 6 heteroatoms. The molecule has 3 N–H and O–H groups in total. The van der Waals surface area contributed by atoms with Crippen molar-refractivity contribution in [2.75, 3.05) is 0 Å². The van der Waals surface area contributed by atoms with E-state index in [1.54, 1.807) is 12.4 Å². The molecule has 1 fully saturated rings. The van der Waals surface area contributed by atoms with Crippen molar-refractivity contribution in [3.05, 3.63) is 58.9 Å². The second-order valence-corrected chi connectivity index (χ2v) is 5.27. The summed E-state index contributed by atoms with van der Waals surface area (Å²) in [7, 11) is 0. The van der Waals surface area contributed by atoms with E-state index in [1.165, 1.54) is 13.0 Å². The summed E-state index contributed by atoms with van der Waals surface area (Å²) in [5.74, 6) is -2.67. The van der Waals surface area contributed by atoms with Crippen molar-refractivity contribution >= 4 is 11.9 Å². The van der Waals surface area contributed by atoms with Crippen LogP contribution in [0.1, 0.15) is 50.6 Å². The molecular weight excluding hydrogens is 298 g/mol. The average Bonchev–Trinajstić information content (AvgIpc) is 3.34. The Morgan fingerprint density at radius 1 is 1.09 bits per heavy atom. The van der Waals surface area contributed by atoms with E-state index in [2.05, 4.69) is 4.98 Å². The number of nitrogens with zero attached hydrogens (tertiary/aromatic N) is 1. The Balaban J connectivity index is 0.000000268. The van der Waals surface area contributed by atoms with Gasteiger partial charge in [0.05, 0.1) is 5.56 Å². The van der Waals surface area contributed by atoms with Crippen LogP contribution in [0.5, 0.6) is 5.75 Å².